The van der Waals surface area contributed by atoms with Gasteiger partial charge >= 0.3 is 0 Å². The summed E-state index contributed by atoms with van der Waals surface area (Å²) in [5.41, 5.74) is 0. The van der Waals surface area contributed by atoms with E-state index >= 15 is 0 Å². The van der Waals surface area contributed by atoms with Crippen LogP contribution >= 0.6 is 0 Å². The van der Waals surface area contributed by atoms with Crippen LogP contribution in [0.1, 0.15) is 27.2 Å². The summed E-state index contributed by atoms with van der Waals surface area (Å²) in [6.45, 7) is 10.0. The first-order valence-electron chi connectivity index (χ1n) is 7.95. The Hall–Kier alpha value is -1.14. The average molecular weight is 297 g/mol. The lowest BCUT2D eigenvalue weighted by molar-refractivity contribution is -0.149. The van der Waals surface area contributed by atoms with Gasteiger partial charge in [-0.05, 0) is 19.9 Å². The van der Waals surface area contributed by atoms with Crippen LogP contribution in [0, 0.1) is 11.8 Å². The molecule has 21 heavy (non-hydrogen) atoms. The molecule has 0 radical (unpaired) electrons. The van der Waals surface area contributed by atoms with Crippen LogP contribution in [-0.4, -0.2) is 71.6 Å². The molecule has 0 bridgehead atoms. The van der Waals surface area contributed by atoms with E-state index in [-0.39, 0.29) is 23.8 Å². The molecule has 0 aromatic carbocycles. The summed E-state index contributed by atoms with van der Waals surface area (Å²) in [5, 5.41) is 12.4. The van der Waals surface area contributed by atoms with Gasteiger partial charge in [0, 0.05) is 26.2 Å². The van der Waals surface area contributed by atoms with E-state index in [1.54, 1.807) is 6.92 Å². The van der Waals surface area contributed by atoms with Crippen molar-refractivity contribution in [1.82, 2.24) is 15.1 Å². The fraction of sp³-hybridized carbons (Fsp3) is 0.867. The van der Waals surface area contributed by atoms with Gasteiger partial charge in [-0.1, -0.05) is 13.8 Å². The van der Waals surface area contributed by atoms with Crippen LogP contribution in [0.25, 0.3) is 0 Å². The van der Waals surface area contributed by atoms with Crippen LogP contribution < -0.4 is 5.32 Å². The Kier molecular flexibility index (Phi) is 5.22. The number of piperazine rings is 1. The Labute approximate surface area is 126 Å². The molecule has 2 saturated heterocycles. The van der Waals surface area contributed by atoms with Crippen LogP contribution in [0.5, 0.6) is 0 Å². The Bertz CT molecular complexity index is 392. The first-order chi connectivity index (χ1) is 9.95. The smallest absolute Gasteiger partial charge is 0.228 e. The molecule has 2 amide bonds. The summed E-state index contributed by atoms with van der Waals surface area (Å²) in [6, 6.07) is -0.237. The highest BCUT2D eigenvalue weighted by molar-refractivity contribution is 5.90. The molecule has 0 spiro atoms. The monoisotopic (exact) mass is 297 g/mol. The molecule has 0 saturated carbocycles. The van der Waals surface area contributed by atoms with Crippen LogP contribution in [-0.2, 0) is 9.59 Å². The molecule has 2 heterocycles. The zero-order valence-electron chi connectivity index (χ0n) is 13.2. The first kappa shape index (κ1) is 16.2. The highest BCUT2D eigenvalue weighted by atomic mass is 16.3. The summed E-state index contributed by atoms with van der Waals surface area (Å²) in [4.78, 5) is 28.3. The molecule has 2 fully saturated rings. The molecule has 2 N–H and O–H groups in total. The van der Waals surface area contributed by atoms with Crippen molar-refractivity contribution in [1.29, 1.82) is 0 Å². The number of nitrogens with one attached hydrogen (secondary N) is 1. The number of carbonyl (C=O) groups excluding carboxylic acids is 2. The zero-order chi connectivity index (χ0) is 15.6. The van der Waals surface area contributed by atoms with E-state index in [1.165, 1.54) is 0 Å². The second-order valence-electron chi connectivity index (χ2n) is 6.26. The molecular weight excluding hydrogens is 270 g/mol. The fourth-order valence-corrected chi connectivity index (χ4v) is 3.32. The molecule has 2 aliphatic rings. The second kappa shape index (κ2) is 6.75. The molecule has 2 rings (SSSR count). The van der Waals surface area contributed by atoms with Gasteiger partial charge in [0.25, 0.3) is 0 Å². The molecule has 0 aliphatic carbocycles. The number of amides is 2. The SMILES string of the molecule is CCCN1CCN(C(=O)C(C)[C@H]2NC(=O)[C@@H]2C(C)O)CC1. The molecule has 120 valence electrons. The third kappa shape index (κ3) is 3.37. The number of rotatable bonds is 5. The lowest BCUT2D eigenvalue weighted by atomic mass is 9.78. The maximum absolute atomic E-state index is 12.5. The number of hydrogen-bond acceptors (Lipinski definition) is 4. The molecule has 0 aromatic heterocycles. The Morgan fingerprint density at radius 2 is 1.95 bits per heavy atom. The van der Waals surface area contributed by atoms with E-state index < -0.39 is 12.0 Å². The molecule has 2 aliphatic heterocycles. The van der Waals surface area contributed by atoms with Crippen LogP contribution in [0.4, 0.5) is 0 Å². The average Bonchev–Trinajstić information content (AvgIpc) is 2.43. The predicted octanol–water partition coefficient (Wildman–Crippen LogP) is -0.328. The van der Waals surface area contributed by atoms with Gasteiger partial charge in [-0.25, -0.2) is 0 Å². The van der Waals surface area contributed by atoms with Crippen molar-refractivity contribution in [3.05, 3.63) is 0 Å². The molecule has 2 unspecified atom stereocenters. The van der Waals surface area contributed by atoms with Gasteiger partial charge in [-0.2, -0.15) is 0 Å². The Morgan fingerprint density at radius 3 is 2.43 bits per heavy atom. The number of nitrogens with zero attached hydrogens (tertiary/aromatic N) is 2. The standard InChI is InChI=1S/C15H27N3O3/c1-4-5-17-6-8-18(9-7-17)15(21)10(2)13-12(11(3)19)14(20)16-13/h10-13,19H,4-9H2,1-3H3,(H,16,20)/t10?,11?,12-,13-/m1/s1. The van der Waals surface area contributed by atoms with Gasteiger partial charge in [0.15, 0.2) is 0 Å². The van der Waals surface area contributed by atoms with Gasteiger partial charge in [-0.3, -0.25) is 14.5 Å². The summed E-state index contributed by atoms with van der Waals surface area (Å²) >= 11 is 0. The van der Waals surface area contributed by atoms with Crippen molar-refractivity contribution in [2.75, 3.05) is 32.7 Å². The van der Waals surface area contributed by atoms with E-state index in [4.69, 9.17) is 0 Å². The quantitative estimate of drug-likeness (QED) is 0.682. The van der Waals surface area contributed by atoms with E-state index in [2.05, 4.69) is 17.1 Å². The second-order valence-corrected chi connectivity index (χ2v) is 6.26. The van der Waals surface area contributed by atoms with Crippen molar-refractivity contribution in [3.8, 4) is 0 Å². The Balaban J connectivity index is 1.87. The maximum atomic E-state index is 12.5. The van der Waals surface area contributed by atoms with Gasteiger partial charge in [-0.15, -0.1) is 0 Å². The minimum absolute atomic E-state index is 0.0850. The molecule has 0 aromatic rings. The van der Waals surface area contributed by atoms with Crippen molar-refractivity contribution in [2.45, 2.75) is 39.3 Å². The molecule has 6 heteroatoms. The first-order valence-corrected chi connectivity index (χ1v) is 7.95. The van der Waals surface area contributed by atoms with E-state index in [0.717, 1.165) is 39.1 Å². The van der Waals surface area contributed by atoms with Crippen molar-refractivity contribution < 1.29 is 14.7 Å². The van der Waals surface area contributed by atoms with Gasteiger partial charge in [0.2, 0.25) is 11.8 Å². The minimum Gasteiger partial charge on any atom is -0.393 e. The Morgan fingerprint density at radius 1 is 1.33 bits per heavy atom. The van der Waals surface area contributed by atoms with Gasteiger partial charge < -0.3 is 15.3 Å². The molecule has 4 atom stereocenters. The van der Waals surface area contributed by atoms with Gasteiger partial charge in [0.1, 0.15) is 0 Å². The number of carbonyl (C=O) groups is 2. The summed E-state index contributed by atoms with van der Waals surface area (Å²) < 4.78 is 0. The van der Waals surface area contributed by atoms with E-state index in [0.29, 0.717) is 0 Å². The highest BCUT2D eigenvalue weighted by Gasteiger charge is 2.47. The van der Waals surface area contributed by atoms with Crippen molar-refractivity contribution in [2.24, 2.45) is 11.8 Å². The zero-order valence-corrected chi connectivity index (χ0v) is 13.2. The number of aliphatic hydroxyl groups is 1. The van der Waals surface area contributed by atoms with Crippen molar-refractivity contribution in [3.63, 3.8) is 0 Å². The normalized spacial score (nSPS) is 29.5. The maximum Gasteiger partial charge on any atom is 0.228 e. The van der Waals surface area contributed by atoms with Gasteiger partial charge in [0.05, 0.1) is 24.0 Å². The third-order valence-corrected chi connectivity index (χ3v) is 4.67. The predicted molar refractivity (Wildman–Crippen MR) is 79.6 cm³/mol. The number of β-lactam (4-membered cyclic amide) rings is 1. The lowest BCUT2D eigenvalue weighted by Crippen LogP contribution is -2.66. The van der Waals surface area contributed by atoms with E-state index in [9.17, 15) is 14.7 Å². The minimum atomic E-state index is -0.708. The topological polar surface area (TPSA) is 72.9 Å². The summed E-state index contributed by atoms with van der Waals surface area (Å²) in [5.74, 6) is -0.797. The van der Waals surface area contributed by atoms with E-state index in [1.807, 2.05) is 11.8 Å². The van der Waals surface area contributed by atoms with Crippen LogP contribution in [0.15, 0.2) is 0 Å². The fourth-order valence-electron chi connectivity index (χ4n) is 3.32. The third-order valence-electron chi connectivity index (χ3n) is 4.67. The van der Waals surface area contributed by atoms with Crippen molar-refractivity contribution >= 4 is 11.8 Å². The number of aliphatic hydroxyl groups excluding tert-OH is 1. The molecular formula is C15H27N3O3. The van der Waals surface area contributed by atoms with Crippen LogP contribution in [0.2, 0.25) is 0 Å². The lowest BCUT2D eigenvalue weighted by Gasteiger charge is -2.43. The largest absolute Gasteiger partial charge is 0.393 e. The summed E-state index contributed by atoms with van der Waals surface area (Å²) in [7, 11) is 0. The van der Waals surface area contributed by atoms with Crippen LogP contribution in [0.3, 0.4) is 0 Å². The summed E-state index contributed by atoms with van der Waals surface area (Å²) in [6.07, 6.45) is 0.425. The highest BCUT2D eigenvalue weighted by Crippen LogP contribution is 2.27. The number of hydrogen-bond donors (Lipinski definition) is 2. The molecule has 6 nitrogen and oxygen atoms in total.